The minimum atomic E-state index is -3.28. The van der Waals surface area contributed by atoms with Crippen LogP contribution in [0.1, 0.15) is 46.5 Å². The van der Waals surface area contributed by atoms with Crippen LogP contribution < -0.4 is 0 Å². The summed E-state index contributed by atoms with van der Waals surface area (Å²) in [6.45, 7) is 5.82. The molecule has 0 unspecified atom stereocenters. The molecule has 0 radical (unpaired) electrons. The van der Waals surface area contributed by atoms with E-state index >= 15 is 0 Å². The van der Waals surface area contributed by atoms with Crippen molar-refractivity contribution in [1.82, 2.24) is 4.31 Å². The third kappa shape index (κ3) is 2.85. The maximum Gasteiger partial charge on any atom is 0.324 e. The fourth-order valence-electron chi connectivity index (χ4n) is 2.21. The van der Waals surface area contributed by atoms with Gasteiger partial charge in [0.1, 0.15) is 11.6 Å². The summed E-state index contributed by atoms with van der Waals surface area (Å²) in [7, 11) is -3.28. The molecule has 0 bridgehead atoms. The third-order valence-corrected chi connectivity index (χ3v) is 5.56. The Balaban J connectivity index is 2.10. The highest BCUT2D eigenvalue weighted by Crippen LogP contribution is 2.35. The molecule has 2 fully saturated rings. The lowest BCUT2D eigenvalue weighted by Crippen LogP contribution is -2.44. The van der Waals surface area contributed by atoms with Crippen LogP contribution >= 0.6 is 0 Å². The van der Waals surface area contributed by atoms with E-state index in [0.29, 0.717) is 13.0 Å². The molecule has 2 aliphatic rings. The smallest absolute Gasteiger partial charge is 0.324 e. The highest BCUT2D eigenvalue weighted by molar-refractivity contribution is 7.90. The Bertz CT molecular complexity index is 433. The van der Waals surface area contributed by atoms with Crippen molar-refractivity contribution >= 4 is 16.0 Å². The van der Waals surface area contributed by atoms with Crippen LogP contribution in [-0.4, -0.2) is 42.1 Å². The summed E-state index contributed by atoms with van der Waals surface area (Å²) < 4.78 is 31.0. The van der Waals surface area contributed by atoms with Crippen molar-refractivity contribution in [1.29, 1.82) is 0 Å². The van der Waals surface area contributed by atoms with Gasteiger partial charge < -0.3 is 4.74 Å². The Morgan fingerprint density at radius 1 is 1.22 bits per heavy atom. The molecule has 0 spiro atoms. The molecule has 1 aliphatic heterocycles. The first-order chi connectivity index (χ1) is 8.22. The summed E-state index contributed by atoms with van der Waals surface area (Å²) >= 11 is 0. The lowest BCUT2D eigenvalue weighted by molar-refractivity contribution is -0.158. The fraction of sp³-hybridized carbons (Fsp3) is 0.917. The van der Waals surface area contributed by atoms with Crippen LogP contribution in [0.3, 0.4) is 0 Å². The number of rotatable bonds is 3. The predicted molar refractivity (Wildman–Crippen MR) is 67.5 cm³/mol. The second-order valence-electron chi connectivity index (χ2n) is 6.05. The van der Waals surface area contributed by atoms with E-state index in [9.17, 15) is 13.2 Å². The molecule has 1 saturated carbocycles. The van der Waals surface area contributed by atoms with E-state index in [0.717, 1.165) is 19.3 Å². The van der Waals surface area contributed by atoms with E-state index in [1.54, 1.807) is 20.8 Å². The number of esters is 1. The van der Waals surface area contributed by atoms with Crippen molar-refractivity contribution in [3.05, 3.63) is 0 Å². The van der Waals surface area contributed by atoms with E-state index in [1.165, 1.54) is 4.31 Å². The molecule has 0 N–H and O–H groups in total. The number of nitrogens with zero attached hydrogens (tertiary/aromatic N) is 1. The first kappa shape index (κ1) is 13.8. The minimum absolute atomic E-state index is 0.263. The van der Waals surface area contributed by atoms with Crippen molar-refractivity contribution in [2.75, 3.05) is 6.54 Å². The summed E-state index contributed by atoms with van der Waals surface area (Å²) in [5.74, 6) is -0.413. The summed E-state index contributed by atoms with van der Waals surface area (Å²) in [4.78, 5) is 12.0. The lowest BCUT2D eigenvalue weighted by atomic mass is 10.2. The fourth-order valence-corrected chi connectivity index (χ4v) is 4.25. The van der Waals surface area contributed by atoms with Crippen LogP contribution in [0.25, 0.3) is 0 Å². The van der Waals surface area contributed by atoms with Gasteiger partial charge in [0.2, 0.25) is 10.0 Å². The number of ether oxygens (including phenoxy) is 1. The van der Waals surface area contributed by atoms with Gasteiger partial charge in [0.15, 0.2) is 0 Å². The van der Waals surface area contributed by atoms with Crippen LogP contribution in [0.2, 0.25) is 0 Å². The van der Waals surface area contributed by atoms with Gasteiger partial charge in [-0.15, -0.1) is 0 Å². The number of sulfonamides is 1. The Labute approximate surface area is 109 Å². The number of carbonyl (C=O) groups is 1. The van der Waals surface area contributed by atoms with E-state index in [4.69, 9.17) is 4.74 Å². The highest BCUT2D eigenvalue weighted by Gasteiger charge is 2.47. The zero-order chi connectivity index (χ0) is 13.6. The normalized spacial score (nSPS) is 26.3. The molecule has 1 aliphatic carbocycles. The van der Waals surface area contributed by atoms with Gasteiger partial charge in [0, 0.05) is 6.54 Å². The summed E-state index contributed by atoms with van der Waals surface area (Å²) in [6, 6.07) is -0.616. The van der Waals surface area contributed by atoms with Gasteiger partial charge in [0.05, 0.1) is 5.25 Å². The molecule has 1 atom stereocenters. The molecular weight excluding hydrogens is 254 g/mol. The van der Waals surface area contributed by atoms with Crippen molar-refractivity contribution in [2.45, 2.75) is 63.3 Å². The van der Waals surface area contributed by atoms with Gasteiger partial charge in [-0.2, -0.15) is 4.31 Å². The molecule has 2 rings (SSSR count). The SMILES string of the molecule is CC(C)(C)OC(=O)[C@H]1CCCN1S(=O)(=O)C1CC1. The van der Waals surface area contributed by atoms with Gasteiger partial charge in [-0.1, -0.05) is 0 Å². The third-order valence-electron chi connectivity index (χ3n) is 3.16. The summed E-state index contributed by atoms with van der Waals surface area (Å²) in [5, 5.41) is -0.263. The Morgan fingerprint density at radius 2 is 1.83 bits per heavy atom. The topological polar surface area (TPSA) is 63.7 Å². The van der Waals surface area contributed by atoms with Crippen LogP contribution in [0.4, 0.5) is 0 Å². The molecule has 6 heteroatoms. The standard InChI is InChI=1S/C12H21NO4S/c1-12(2,3)17-11(14)10-5-4-8-13(10)18(15,16)9-6-7-9/h9-10H,4-8H2,1-3H3/t10-/m1/s1. The minimum Gasteiger partial charge on any atom is -0.459 e. The van der Waals surface area contributed by atoms with Gasteiger partial charge in [0.25, 0.3) is 0 Å². The van der Waals surface area contributed by atoms with Crippen LogP contribution in [0.15, 0.2) is 0 Å². The highest BCUT2D eigenvalue weighted by atomic mass is 32.2. The first-order valence-electron chi connectivity index (χ1n) is 6.45. The van der Waals surface area contributed by atoms with Crippen molar-refractivity contribution in [3.63, 3.8) is 0 Å². The van der Waals surface area contributed by atoms with Gasteiger partial charge in [-0.25, -0.2) is 8.42 Å². The molecule has 1 heterocycles. The lowest BCUT2D eigenvalue weighted by Gasteiger charge is -2.26. The zero-order valence-electron chi connectivity index (χ0n) is 11.2. The monoisotopic (exact) mass is 275 g/mol. The summed E-state index contributed by atoms with van der Waals surface area (Å²) in [6.07, 6.45) is 2.75. The quantitative estimate of drug-likeness (QED) is 0.728. The summed E-state index contributed by atoms with van der Waals surface area (Å²) in [5.41, 5.74) is -0.575. The average molecular weight is 275 g/mol. The maximum absolute atomic E-state index is 12.2. The molecule has 18 heavy (non-hydrogen) atoms. The predicted octanol–water partition coefficient (Wildman–Crippen LogP) is 1.28. The van der Waals surface area contributed by atoms with Crippen molar-refractivity contribution in [3.8, 4) is 0 Å². The van der Waals surface area contributed by atoms with Crippen LogP contribution in [0.5, 0.6) is 0 Å². The molecular formula is C12H21NO4S. The first-order valence-corrected chi connectivity index (χ1v) is 7.96. The molecule has 0 aromatic heterocycles. The number of hydrogen-bond acceptors (Lipinski definition) is 4. The Hall–Kier alpha value is -0.620. The Morgan fingerprint density at radius 3 is 2.33 bits per heavy atom. The largest absolute Gasteiger partial charge is 0.459 e. The van der Waals surface area contributed by atoms with E-state index in [-0.39, 0.29) is 5.25 Å². The van der Waals surface area contributed by atoms with E-state index in [2.05, 4.69) is 0 Å². The van der Waals surface area contributed by atoms with Gasteiger partial charge >= 0.3 is 5.97 Å². The van der Waals surface area contributed by atoms with Crippen LogP contribution in [0, 0.1) is 0 Å². The average Bonchev–Trinajstić information content (AvgIpc) is 2.93. The molecule has 0 aromatic carbocycles. The maximum atomic E-state index is 12.2. The molecule has 0 amide bonds. The van der Waals surface area contributed by atoms with E-state index < -0.39 is 27.6 Å². The van der Waals surface area contributed by atoms with Crippen molar-refractivity contribution < 1.29 is 17.9 Å². The van der Waals surface area contributed by atoms with E-state index in [1.807, 2.05) is 0 Å². The number of hydrogen-bond donors (Lipinski definition) is 0. The second kappa shape index (κ2) is 4.49. The zero-order valence-corrected chi connectivity index (χ0v) is 12.0. The van der Waals surface area contributed by atoms with Crippen LogP contribution in [-0.2, 0) is 19.6 Å². The molecule has 5 nitrogen and oxygen atoms in total. The van der Waals surface area contributed by atoms with Gasteiger partial charge in [-0.05, 0) is 46.5 Å². The molecule has 1 saturated heterocycles. The Kier molecular flexibility index (Phi) is 3.44. The molecule has 0 aromatic rings. The number of carbonyl (C=O) groups excluding carboxylic acids is 1. The van der Waals surface area contributed by atoms with Crippen molar-refractivity contribution in [2.24, 2.45) is 0 Å². The molecule has 104 valence electrons. The van der Waals surface area contributed by atoms with Gasteiger partial charge in [-0.3, -0.25) is 4.79 Å². The second-order valence-corrected chi connectivity index (χ2v) is 8.21.